The average Bonchev–Trinajstić information content (AvgIpc) is 2.69. The predicted molar refractivity (Wildman–Crippen MR) is 117 cm³/mol. The van der Waals surface area contributed by atoms with Gasteiger partial charge in [-0.1, -0.05) is 23.7 Å². The molecule has 1 amide bonds. The number of halogens is 2. The standard InChI is InChI=1S/C21H14ClIN2O3/c22-17-5-1-4-16(11-17)21(27)28-19-9-7-14(8-10-19)13-24-25-20(26)15-3-2-6-18(23)12-15/h1-13H,(H,25,26)/b24-13-. The van der Waals surface area contributed by atoms with Crippen LogP contribution in [0.25, 0.3) is 0 Å². The zero-order valence-corrected chi connectivity index (χ0v) is 17.3. The van der Waals surface area contributed by atoms with Crippen molar-refractivity contribution in [2.75, 3.05) is 0 Å². The van der Waals surface area contributed by atoms with Crippen LogP contribution >= 0.6 is 34.2 Å². The van der Waals surface area contributed by atoms with Crippen LogP contribution in [0.15, 0.2) is 77.9 Å². The molecule has 0 aromatic heterocycles. The van der Waals surface area contributed by atoms with Gasteiger partial charge in [-0.3, -0.25) is 4.79 Å². The van der Waals surface area contributed by atoms with Gasteiger partial charge in [-0.15, -0.1) is 0 Å². The molecule has 0 radical (unpaired) electrons. The number of hydrazone groups is 1. The molecular weight excluding hydrogens is 491 g/mol. The number of hydrogen-bond donors (Lipinski definition) is 1. The summed E-state index contributed by atoms with van der Waals surface area (Å²) in [6.07, 6.45) is 1.51. The molecule has 3 aromatic carbocycles. The molecule has 0 atom stereocenters. The highest BCUT2D eigenvalue weighted by atomic mass is 127. The van der Waals surface area contributed by atoms with Crippen LogP contribution in [0.4, 0.5) is 0 Å². The third kappa shape index (κ3) is 5.64. The van der Waals surface area contributed by atoms with Crippen molar-refractivity contribution >= 4 is 52.3 Å². The number of carbonyl (C=O) groups is 2. The number of benzene rings is 3. The van der Waals surface area contributed by atoms with Crippen molar-refractivity contribution in [1.82, 2.24) is 5.43 Å². The van der Waals surface area contributed by atoms with Crippen LogP contribution in [0.5, 0.6) is 5.75 Å². The Labute approximate surface area is 180 Å². The van der Waals surface area contributed by atoms with E-state index < -0.39 is 5.97 Å². The summed E-state index contributed by atoms with van der Waals surface area (Å²) >= 11 is 8.02. The molecule has 5 nitrogen and oxygen atoms in total. The Morgan fingerprint density at radius 1 is 0.964 bits per heavy atom. The zero-order valence-electron chi connectivity index (χ0n) is 14.4. The van der Waals surface area contributed by atoms with Crippen LogP contribution in [-0.4, -0.2) is 18.1 Å². The van der Waals surface area contributed by atoms with Gasteiger partial charge in [-0.25, -0.2) is 10.2 Å². The third-order valence-electron chi connectivity index (χ3n) is 3.62. The van der Waals surface area contributed by atoms with E-state index in [4.69, 9.17) is 16.3 Å². The van der Waals surface area contributed by atoms with E-state index in [0.717, 1.165) is 9.13 Å². The quantitative estimate of drug-likeness (QED) is 0.176. The van der Waals surface area contributed by atoms with Gasteiger partial charge in [-0.2, -0.15) is 5.10 Å². The molecule has 0 saturated carbocycles. The Bertz CT molecular complexity index is 1040. The maximum absolute atomic E-state index is 12.1. The lowest BCUT2D eigenvalue weighted by atomic mass is 10.2. The highest BCUT2D eigenvalue weighted by molar-refractivity contribution is 14.1. The molecule has 0 heterocycles. The molecule has 7 heteroatoms. The fourth-order valence-corrected chi connectivity index (χ4v) is 3.00. The maximum atomic E-state index is 12.1. The van der Waals surface area contributed by atoms with Crippen LogP contribution < -0.4 is 10.2 Å². The van der Waals surface area contributed by atoms with Crippen LogP contribution in [0, 0.1) is 3.57 Å². The molecule has 0 saturated heterocycles. The lowest BCUT2D eigenvalue weighted by Crippen LogP contribution is -2.17. The first-order chi connectivity index (χ1) is 13.5. The highest BCUT2D eigenvalue weighted by Gasteiger charge is 2.09. The van der Waals surface area contributed by atoms with E-state index in [0.29, 0.717) is 21.9 Å². The summed E-state index contributed by atoms with van der Waals surface area (Å²) in [6, 6.07) is 20.5. The van der Waals surface area contributed by atoms with E-state index in [1.807, 2.05) is 12.1 Å². The van der Waals surface area contributed by atoms with Crippen molar-refractivity contribution < 1.29 is 14.3 Å². The van der Waals surface area contributed by atoms with Gasteiger partial charge in [-0.05, 0) is 88.8 Å². The van der Waals surface area contributed by atoms with Crippen molar-refractivity contribution in [2.24, 2.45) is 5.10 Å². The molecule has 0 aliphatic carbocycles. The molecule has 0 aliphatic rings. The Balaban J connectivity index is 1.57. The second kappa shape index (κ2) is 9.48. The van der Waals surface area contributed by atoms with E-state index in [9.17, 15) is 9.59 Å². The number of amides is 1. The smallest absolute Gasteiger partial charge is 0.343 e. The number of carbonyl (C=O) groups excluding carboxylic acids is 2. The molecule has 140 valence electrons. The minimum atomic E-state index is -0.492. The van der Waals surface area contributed by atoms with E-state index in [-0.39, 0.29) is 5.91 Å². The Kier molecular flexibility index (Phi) is 6.78. The van der Waals surface area contributed by atoms with Gasteiger partial charge in [0.05, 0.1) is 11.8 Å². The minimum Gasteiger partial charge on any atom is -0.423 e. The van der Waals surface area contributed by atoms with Crippen molar-refractivity contribution in [3.63, 3.8) is 0 Å². The summed E-state index contributed by atoms with van der Waals surface area (Å²) in [4.78, 5) is 24.1. The molecule has 0 fully saturated rings. The van der Waals surface area contributed by atoms with Crippen molar-refractivity contribution in [1.29, 1.82) is 0 Å². The topological polar surface area (TPSA) is 67.8 Å². The van der Waals surface area contributed by atoms with E-state index in [1.165, 1.54) is 6.21 Å². The first-order valence-electron chi connectivity index (χ1n) is 8.18. The van der Waals surface area contributed by atoms with Crippen LogP contribution in [-0.2, 0) is 0 Å². The van der Waals surface area contributed by atoms with E-state index in [1.54, 1.807) is 60.7 Å². The fraction of sp³-hybridized carbons (Fsp3) is 0. The summed E-state index contributed by atoms with van der Waals surface area (Å²) < 4.78 is 6.28. The van der Waals surface area contributed by atoms with Gasteiger partial charge in [0.15, 0.2) is 0 Å². The van der Waals surface area contributed by atoms with Crippen LogP contribution in [0.3, 0.4) is 0 Å². The predicted octanol–water partition coefficient (Wildman–Crippen LogP) is 4.93. The number of hydrogen-bond acceptors (Lipinski definition) is 4. The molecule has 0 unspecified atom stereocenters. The van der Waals surface area contributed by atoms with Gasteiger partial charge in [0.1, 0.15) is 5.75 Å². The zero-order chi connectivity index (χ0) is 19.9. The van der Waals surface area contributed by atoms with Gasteiger partial charge < -0.3 is 4.74 Å². The minimum absolute atomic E-state index is 0.290. The summed E-state index contributed by atoms with van der Waals surface area (Å²) in [7, 11) is 0. The molecule has 0 aliphatic heterocycles. The van der Waals surface area contributed by atoms with Gasteiger partial charge in [0, 0.05) is 14.2 Å². The monoisotopic (exact) mass is 504 g/mol. The first-order valence-corrected chi connectivity index (χ1v) is 9.64. The lowest BCUT2D eigenvalue weighted by Gasteiger charge is -2.05. The number of nitrogens with zero attached hydrogens (tertiary/aromatic N) is 1. The van der Waals surface area contributed by atoms with Crippen LogP contribution in [0.1, 0.15) is 26.3 Å². The number of nitrogens with one attached hydrogen (secondary N) is 1. The number of rotatable bonds is 5. The maximum Gasteiger partial charge on any atom is 0.343 e. The van der Waals surface area contributed by atoms with Crippen LogP contribution in [0.2, 0.25) is 5.02 Å². The molecule has 3 aromatic rings. The Morgan fingerprint density at radius 3 is 2.39 bits per heavy atom. The SMILES string of the molecule is O=C(N/N=C\c1ccc(OC(=O)c2cccc(Cl)c2)cc1)c1cccc(I)c1. The van der Waals surface area contributed by atoms with E-state index in [2.05, 4.69) is 33.1 Å². The van der Waals surface area contributed by atoms with Gasteiger partial charge >= 0.3 is 5.97 Å². The summed E-state index contributed by atoms with van der Waals surface area (Å²) in [6.45, 7) is 0. The molecule has 1 N–H and O–H groups in total. The van der Waals surface area contributed by atoms with Gasteiger partial charge in [0.2, 0.25) is 0 Å². The molecule has 28 heavy (non-hydrogen) atoms. The fourth-order valence-electron chi connectivity index (χ4n) is 2.26. The first kappa shape index (κ1) is 20.0. The highest BCUT2D eigenvalue weighted by Crippen LogP contribution is 2.16. The summed E-state index contributed by atoms with van der Waals surface area (Å²) in [5, 5.41) is 4.41. The van der Waals surface area contributed by atoms with Crippen molar-refractivity contribution in [3.05, 3.63) is 98.1 Å². The molecular formula is C21H14ClIN2O3. The summed E-state index contributed by atoms with van der Waals surface area (Å²) in [5.74, 6) is -0.388. The molecule has 0 bridgehead atoms. The largest absolute Gasteiger partial charge is 0.423 e. The van der Waals surface area contributed by atoms with Gasteiger partial charge in [0.25, 0.3) is 5.91 Å². The molecule has 3 rings (SSSR count). The Hall–Kier alpha value is -2.71. The second-order valence-electron chi connectivity index (χ2n) is 5.68. The Morgan fingerprint density at radius 2 is 1.68 bits per heavy atom. The average molecular weight is 505 g/mol. The normalized spacial score (nSPS) is 10.6. The van der Waals surface area contributed by atoms with E-state index >= 15 is 0 Å². The summed E-state index contributed by atoms with van der Waals surface area (Å²) in [5.41, 5.74) is 4.13. The van der Waals surface area contributed by atoms with Crippen molar-refractivity contribution in [3.8, 4) is 5.75 Å². The number of esters is 1. The lowest BCUT2D eigenvalue weighted by molar-refractivity contribution is 0.0734. The molecule has 0 spiro atoms. The second-order valence-corrected chi connectivity index (χ2v) is 7.36. The third-order valence-corrected chi connectivity index (χ3v) is 4.52. The van der Waals surface area contributed by atoms with Crippen molar-refractivity contribution in [2.45, 2.75) is 0 Å². The number of ether oxygens (including phenoxy) is 1.